The number of rotatable bonds is 13. The summed E-state index contributed by atoms with van der Waals surface area (Å²) in [5, 5.41) is 0. The van der Waals surface area contributed by atoms with E-state index in [0.717, 1.165) is 13.0 Å². The fourth-order valence-corrected chi connectivity index (χ4v) is 3.12. The number of hydrogen-bond acceptors (Lipinski definition) is 1. The molecule has 0 unspecified atom stereocenters. The van der Waals surface area contributed by atoms with Crippen molar-refractivity contribution in [3.8, 4) is 0 Å². The highest BCUT2D eigenvalue weighted by Crippen LogP contribution is 2.15. The normalized spacial score (nSPS) is 11.0. The largest absolute Gasteiger partial charge is 0.330 e. The van der Waals surface area contributed by atoms with Gasteiger partial charge in [0.2, 0.25) is 0 Å². The molecule has 0 radical (unpaired) electrons. The molecule has 0 heterocycles. The highest BCUT2D eigenvalue weighted by atomic mass is 14.5. The minimum atomic E-state index is 0.753. The second kappa shape index (κ2) is 12.7. The molecule has 0 bridgehead atoms. The van der Waals surface area contributed by atoms with Crippen LogP contribution in [0, 0.1) is 6.92 Å². The molecule has 0 aliphatic carbocycles. The molecule has 1 rings (SSSR count). The third-order valence-corrected chi connectivity index (χ3v) is 4.65. The first kappa shape index (κ1) is 19.2. The Hall–Kier alpha value is -0.820. The van der Waals surface area contributed by atoms with Gasteiger partial charge in [-0.3, -0.25) is 0 Å². The molecule has 0 saturated carbocycles. The predicted molar refractivity (Wildman–Crippen MR) is 99.5 cm³/mol. The van der Waals surface area contributed by atoms with Gasteiger partial charge in [-0.05, 0) is 49.4 Å². The van der Waals surface area contributed by atoms with Gasteiger partial charge < -0.3 is 5.73 Å². The Morgan fingerprint density at radius 3 is 1.95 bits per heavy atom. The van der Waals surface area contributed by atoms with Crippen LogP contribution in [0.25, 0.3) is 0 Å². The Kier molecular flexibility index (Phi) is 11.1. The Balaban J connectivity index is 2.06. The SMILES string of the molecule is CCCCCCCCCCCCc1ccc(C)c(CCN)c1. The summed E-state index contributed by atoms with van der Waals surface area (Å²) in [5.41, 5.74) is 10.0. The summed E-state index contributed by atoms with van der Waals surface area (Å²) in [7, 11) is 0. The lowest BCUT2D eigenvalue weighted by Crippen LogP contribution is -2.04. The van der Waals surface area contributed by atoms with Crippen LogP contribution < -0.4 is 5.73 Å². The molecule has 0 fully saturated rings. The zero-order valence-electron chi connectivity index (χ0n) is 15.0. The smallest absolute Gasteiger partial charge is 0.00366 e. The van der Waals surface area contributed by atoms with E-state index in [1.807, 2.05) is 0 Å². The fraction of sp³-hybridized carbons (Fsp3) is 0.714. The van der Waals surface area contributed by atoms with Crippen LogP contribution in [0.15, 0.2) is 18.2 Å². The number of benzene rings is 1. The van der Waals surface area contributed by atoms with E-state index in [1.54, 1.807) is 0 Å². The summed E-state index contributed by atoms with van der Waals surface area (Å²) < 4.78 is 0. The molecular formula is C21H37N. The molecule has 1 heteroatoms. The predicted octanol–water partition coefficient (Wildman–Crippen LogP) is 5.96. The van der Waals surface area contributed by atoms with Gasteiger partial charge in [0.05, 0.1) is 0 Å². The minimum absolute atomic E-state index is 0.753. The molecule has 0 aliphatic rings. The van der Waals surface area contributed by atoms with Crippen molar-refractivity contribution in [2.75, 3.05) is 6.54 Å². The molecule has 22 heavy (non-hydrogen) atoms. The maximum absolute atomic E-state index is 5.69. The Bertz CT molecular complexity index is 383. The third kappa shape index (κ3) is 8.58. The first-order valence-corrected chi connectivity index (χ1v) is 9.56. The molecule has 0 aromatic heterocycles. The van der Waals surface area contributed by atoms with Crippen molar-refractivity contribution in [2.45, 2.75) is 90.9 Å². The highest BCUT2D eigenvalue weighted by Gasteiger charge is 2.00. The topological polar surface area (TPSA) is 26.0 Å². The lowest BCUT2D eigenvalue weighted by atomic mass is 9.98. The number of aryl methyl sites for hydroxylation is 2. The van der Waals surface area contributed by atoms with Crippen LogP contribution in [-0.2, 0) is 12.8 Å². The second-order valence-corrected chi connectivity index (χ2v) is 6.73. The molecule has 0 aliphatic heterocycles. The lowest BCUT2D eigenvalue weighted by Gasteiger charge is -2.08. The van der Waals surface area contributed by atoms with Crippen LogP contribution >= 0.6 is 0 Å². The Morgan fingerprint density at radius 1 is 0.773 bits per heavy atom. The van der Waals surface area contributed by atoms with Crippen molar-refractivity contribution in [2.24, 2.45) is 5.73 Å². The Morgan fingerprint density at radius 2 is 1.36 bits per heavy atom. The standard InChI is InChI=1S/C21H37N/c1-3-4-5-6-7-8-9-10-11-12-13-20-15-14-19(2)21(18-20)16-17-22/h14-15,18H,3-13,16-17,22H2,1-2H3. The summed E-state index contributed by atoms with van der Waals surface area (Å²) in [6.45, 7) is 5.23. The van der Waals surface area contributed by atoms with Gasteiger partial charge in [0.15, 0.2) is 0 Å². The van der Waals surface area contributed by atoms with E-state index in [0.29, 0.717) is 0 Å². The zero-order valence-corrected chi connectivity index (χ0v) is 15.0. The van der Waals surface area contributed by atoms with Gasteiger partial charge >= 0.3 is 0 Å². The van der Waals surface area contributed by atoms with E-state index in [1.165, 1.54) is 87.3 Å². The van der Waals surface area contributed by atoms with Crippen molar-refractivity contribution in [1.29, 1.82) is 0 Å². The van der Waals surface area contributed by atoms with E-state index in [-0.39, 0.29) is 0 Å². The van der Waals surface area contributed by atoms with Gasteiger partial charge in [-0.25, -0.2) is 0 Å². The Labute approximate surface area is 138 Å². The van der Waals surface area contributed by atoms with Crippen LogP contribution in [0.1, 0.15) is 87.8 Å². The zero-order chi connectivity index (χ0) is 16.0. The molecular weight excluding hydrogens is 266 g/mol. The summed E-state index contributed by atoms with van der Waals surface area (Å²) in [6.07, 6.45) is 16.3. The lowest BCUT2D eigenvalue weighted by molar-refractivity contribution is 0.556. The minimum Gasteiger partial charge on any atom is -0.330 e. The molecule has 0 spiro atoms. The highest BCUT2D eigenvalue weighted by molar-refractivity contribution is 5.31. The van der Waals surface area contributed by atoms with Crippen molar-refractivity contribution in [3.63, 3.8) is 0 Å². The fourth-order valence-electron chi connectivity index (χ4n) is 3.12. The van der Waals surface area contributed by atoms with Crippen molar-refractivity contribution >= 4 is 0 Å². The van der Waals surface area contributed by atoms with Crippen LogP contribution in [0.4, 0.5) is 0 Å². The molecule has 0 amide bonds. The monoisotopic (exact) mass is 303 g/mol. The molecule has 126 valence electrons. The summed E-state index contributed by atoms with van der Waals surface area (Å²) >= 11 is 0. The molecule has 1 aromatic carbocycles. The summed E-state index contributed by atoms with van der Waals surface area (Å²) in [6, 6.07) is 6.93. The average Bonchev–Trinajstić information content (AvgIpc) is 2.52. The van der Waals surface area contributed by atoms with Gasteiger partial charge in [-0.15, -0.1) is 0 Å². The average molecular weight is 304 g/mol. The van der Waals surface area contributed by atoms with Crippen LogP contribution in [-0.4, -0.2) is 6.54 Å². The van der Waals surface area contributed by atoms with Crippen LogP contribution in [0.2, 0.25) is 0 Å². The van der Waals surface area contributed by atoms with Gasteiger partial charge in [0, 0.05) is 0 Å². The van der Waals surface area contributed by atoms with Crippen LogP contribution in [0.5, 0.6) is 0 Å². The van der Waals surface area contributed by atoms with E-state index in [2.05, 4.69) is 32.0 Å². The molecule has 1 aromatic rings. The van der Waals surface area contributed by atoms with Crippen molar-refractivity contribution in [3.05, 3.63) is 34.9 Å². The quantitative estimate of drug-likeness (QED) is 0.447. The van der Waals surface area contributed by atoms with Gasteiger partial charge in [-0.1, -0.05) is 82.9 Å². The first-order valence-electron chi connectivity index (χ1n) is 9.56. The maximum atomic E-state index is 5.69. The second-order valence-electron chi connectivity index (χ2n) is 6.73. The maximum Gasteiger partial charge on any atom is -0.00366 e. The van der Waals surface area contributed by atoms with E-state index in [4.69, 9.17) is 5.73 Å². The molecule has 1 nitrogen and oxygen atoms in total. The van der Waals surface area contributed by atoms with Crippen LogP contribution in [0.3, 0.4) is 0 Å². The first-order chi connectivity index (χ1) is 10.8. The number of unbranched alkanes of at least 4 members (excludes halogenated alkanes) is 9. The van der Waals surface area contributed by atoms with E-state index in [9.17, 15) is 0 Å². The summed E-state index contributed by atoms with van der Waals surface area (Å²) in [5.74, 6) is 0. The van der Waals surface area contributed by atoms with E-state index >= 15 is 0 Å². The molecule has 0 atom stereocenters. The molecule has 2 N–H and O–H groups in total. The number of nitrogens with two attached hydrogens (primary N) is 1. The van der Waals surface area contributed by atoms with Gasteiger partial charge in [-0.2, -0.15) is 0 Å². The number of hydrogen-bond donors (Lipinski definition) is 1. The third-order valence-electron chi connectivity index (χ3n) is 4.65. The summed E-state index contributed by atoms with van der Waals surface area (Å²) in [4.78, 5) is 0. The van der Waals surface area contributed by atoms with Gasteiger partial charge in [0.25, 0.3) is 0 Å². The van der Waals surface area contributed by atoms with Gasteiger partial charge in [0.1, 0.15) is 0 Å². The molecule has 0 saturated heterocycles. The van der Waals surface area contributed by atoms with Crippen molar-refractivity contribution in [1.82, 2.24) is 0 Å². The van der Waals surface area contributed by atoms with E-state index < -0.39 is 0 Å². The van der Waals surface area contributed by atoms with Crippen molar-refractivity contribution < 1.29 is 0 Å².